The quantitative estimate of drug-likeness (QED) is 0.0262. The number of rotatable bonds is 35. The van der Waals surface area contributed by atoms with Gasteiger partial charge in [0.1, 0.15) is 128 Å². The Morgan fingerprint density at radius 2 is 0.286 bits per heavy atom. The third-order valence-corrected chi connectivity index (χ3v) is 26.9. The number of aliphatic hydroxyl groups is 14. The molecule has 35 nitrogen and oxygen atoms in total. The van der Waals surface area contributed by atoms with E-state index in [-0.39, 0.29) is 40.3 Å². The minimum Gasteiger partial charge on any atom is -0.387 e. The molecule has 0 aromatic heterocycles. The van der Waals surface area contributed by atoms with Crippen molar-refractivity contribution in [2.75, 3.05) is 126 Å². The van der Waals surface area contributed by atoms with Crippen molar-refractivity contribution in [3.8, 4) is 0 Å². The molecule has 42 heteroatoms. The lowest BCUT2D eigenvalue weighted by Gasteiger charge is -2.50. The van der Waals surface area contributed by atoms with Gasteiger partial charge < -0.3 is 178 Å². The number of hydrogen-bond acceptors (Lipinski definition) is 42. The zero-order chi connectivity index (χ0) is 75.9. The summed E-state index contributed by atoms with van der Waals surface area (Å²) in [6, 6.07) is 0. The van der Waals surface area contributed by atoms with Crippen LogP contribution in [0.5, 0.6) is 0 Å². The molecule has 21 saturated heterocycles. The summed E-state index contributed by atoms with van der Waals surface area (Å²) in [7, 11) is 0. The molecule has 105 heavy (non-hydrogen) atoms. The topological polar surface area (TPSA) is 595 Å². The van der Waals surface area contributed by atoms with E-state index in [2.05, 4.69) is 0 Å². The molecule has 21 fully saturated rings. The molecule has 28 N–H and O–H groups in total. The summed E-state index contributed by atoms with van der Waals surface area (Å²) in [6.07, 6.45) is -55.4. The summed E-state index contributed by atoms with van der Waals surface area (Å²) in [5, 5.41) is 171. The van der Waals surface area contributed by atoms with Crippen molar-refractivity contribution in [3.05, 3.63) is 0 Å². The van der Waals surface area contributed by atoms with Gasteiger partial charge in [-0.15, -0.1) is 0 Å². The maximum atomic E-state index is 12.3. The predicted octanol–water partition coefficient (Wildman–Crippen LogP) is -7.60. The van der Waals surface area contributed by atoms with E-state index in [0.29, 0.717) is 131 Å². The van der Waals surface area contributed by atoms with Gasteiger partial charge in [-0.1, -0.05) is 0 Å². The Balaban J connectivity index is 1.19. The standard InChI is InChI=1S/C63H119N7O28S7/c64-8-1-15-99-22-29-50-36(71)43(78)57(85-29)93-51-30(23-100-16-2-9-65)87-59(45(80)38(51)73)95-53-32(25-102-18-4-11-67)89-61(47(82)40(53)75)97-55-34(27-104-20-6-13-69)91-63(49(84)42(55)77)98-56-35(28-105-21-7-14-70)90-62(48(83)41(56)76)96-54-33(26-103-19-5-12-68)88-60(46(81)39(54)74)94-52-31(24-101-17-3-10-66)86-58(92-50)44(79)37(52)72/h29-63,71-84H,1-28,64-70H2/t29-,30-,31-,32-,33-,34-,35-,36-,37-,38-,39-,40-,41-,42-,43-,44-,45-,46-,47-,48-,49-,50-,51-,52-,53-,54-,55-,56-,57-,58-,59-,60-,61-,62-,63?/m1/s1. The Morgan fingerprint density at radius 1 is 0.171 bits per heavy atom. The third-order valence-electron chi connectivity index (χ3n) is 18.9. The second kappa shape index (κ2) is 47.3. The summed E-state index contributed by atoms with van der Waals surface area (Å²) in [5.74, 6) is 3.73. The van der Waals surface area contributed by atoms with Crippen molar-refractivity contribution in [2.45, 2.75) is 260 Å². The lowest BCUT2D eigenvalue weighted by molar-refractivity contribution is -0.389. The first kappa shape index (κ1) is 91.6. The molecule has 21 aliphatic heterocycles. The molecule has 35 atom stereocenters. The fourth-order valence-electron chi connectivity index (χ4n) is 13.0. The van der Waals surface area contributed by atoms with Crippen LogP contribution in [0.15, 0.2) is 0 Å². The summed E-state index contributed by atoms with van der Waals surface area (Å²) < 4.78 is 90.5. The first-order valence-electron chi connectivity index (χ1n) is 36.3. The smallest absolute Gasteiger partial charge is 0.187 e. The number of aliphatic hydroxyl groups excluding tert-OH is 14. The van der Waals surface area contributed by atoms with Gasteiger partial charge in [-0.2, -0.15) is 82.3 Å². The van der Waals surface area contributed by atoms with E-state index in [9.17, 15) is 71.5 Å². The maximum Gasteiger partial charge on any atom is 0.187 e. The predicted molar refractivity (Wildman–Crippen MR) is 396 cm³/mol. The molecular formula is C63H119N7O28S7. The van der Waals surface area contributed by atoms with E-state index in [4.69, 9.17) is 106 Å². The van der Waals surface area contributed by atoms with Crippen LogP contribution in [-0.2, 0) is 66.3 Å². The zero-order valence-electron chi connectivity index (χ0n) is 58.9. The van der Waals surface area contributed by atoms with Gasteiger partial charge in [0.15, 0.2) is 44.0 Å². The average Bonchev–Trinajstić information content (AvgIpc) is 0.793. The first-order valence-corrected chi connectivity index (χ1v) is 44.4. The van der Waals surface area contributed by atoms with Crippen LogP contribution < -0.4 is 40.1 Å². The molecule has 0 amide bonds. The van der Waals surface area contributed by atoms with Crippen LogP contribution >= 0.6 is 82.3 Å². The molecule has 21 aliphatic rings. The zero-order valence-corrected chi connectivity index (χ0v) is 64.6. The van der Waals surface area contributed by atoms with Crippen LogP contribution in [0.2, 0.25) is 0 Å². The molecule has 14 bridgehead atoms. The van der Waals surface area contributed by atoms with Crippen LogP contribution in [-0.4, -0.2) is 413 Å². The second-order valence-electron chi connectivity index (χ2n) is 26.9. The van der Waals surface area contributed by atoms with E-state index < -0.39 is 215 Å². The van der Waals surface area contributed by atoms with Gasteiger partial charge in [0.05, 0.1) is 42.7 Å². The fourth-order valence-corrected chi connectivity index (χ4v) is 20.3. The van der Waals surface area contributed by atoms with Crippen LogP contribution in [0.3, 0.4) is 0 Å². The lowest BCUT2D eigenvalue weighted by Crippen LogP contribution is -2.68. The highest BCUT2D eigenvalue weighted by atomic mass is 32.2. The highest BCUT2D eigenvalue weighted by Gasteiger charge is 2.60. The molecule has 0 saturated carbocycles. The van der Waals surface area contributed by atoms with Gasteiger partial charge in [-0.25, -0.2) is 0 Å². The van der Waals surface area contributed by atoms with E-state index >= 15 is 0 Å². The SMILES string of the molecule is NCCCSC[C@H]1O[C@@H]2O[C@H]3[C@H](O)[C@@H](O)[C@@H](O[C@H]4[C@H](O)[C@@H](O)[C@@H](O[C@H]5[C@H](O)[C@@H](O)[C@@H](O[C@H]6[C@H](O)[C@@H](O)[C@@H](O[C@H]7[C@H](O)[C@@H](O)[C@@H](O[C@H]8[C@H](O)[C@@H](O)C(O[C@H]1[C@H](O)[C@H]2O)O[C@@H]8CSCCCN)O[C@@H]7CSCCCN)O[C@@H]6CSCCCN)O[C@@H]5CSCCCN)O[C@@H]4CSCCCN)O[C@@H]3CSCCCN. The lowest BCUT2D eigenvalue weighted by atomic mass is 9.95. The first-order chi connectivity index (χ1) is 50.7. The molecular weight excluding hydrogens is 1530 g/mol. The Labute approximate surface area is 642 Å². The van der Waals surface area contributed by atoms with E-state index in [1.807, 2.05) is 0 Å². The van der Waals surface area contributed by atoms with Gasteiger partial charge in [-0.3, -0.25) is 0 Å². The summed E-state index contributed by atoms with van der Waals surface area (Å²) in [4.78, 5) is 0. The Bertz CT molecular complexity index is 1960. The summed E-state index contributed by atoms with van der Waals surface area (Å²) in [5.41, 5.74) is 41.1. The van der Waals surface area contributed by atoms with Crippen molar-refractivity contribution >= 4 is 82.3 Å². The molecule has 0 aromatic carbocycles. The van der Waals surface area contributed by atoms with E-state index in [1.54, 1.807) is 0 Å². The molecule has 616 valence electrons. The number of hydrogen-bond donors (Lipinski definition) is 21. The number of thioether (sulfide) groups is 7. The van der Waals surface area contributed by atoms with Crippen molar-refractivity contribution in [1.29, 1.82) is 0 Å². The second-order valence-corrected chi connectivity index (χ2v) is 34.9. The van der Waals surface area contributed by atoms with Gasteiger partial charge in [0.25, 0.3) is 0 Å². The Morgan fingerprint density at radius 3 is 0.390 bits per heavy atom. The monoisotopic (exact) mass is 1650 g/mol. The highest BCUT2D eigenvalue weighted by molar-refractivity contribution is 8.00. The van der Waals surface area contributed by atoms with Crippen molar-refractivity contribution in [2.24, 2.45) is 40.1 Å². The third kappa shape index (κ3) is 25.0. The summed E-state index contributed by atoms with van der Waals surface area (Å²) >= 11 is 9.41. The molecule has 21 heterocycles. The van der Waals surface area contributed by atoms with Crippen LogP contribution in [0, 0.1) is 0 Å². The molecule has 0 aromatic rings. The van der Waals surface area contributed by atoms with Gasteiger partial charge >= 0.3 is 0 Å². The van der Waals surface area contributed by atoms with Crippen LogP contribution in [0.1, 0.15) is 44.9 Å². The minimum atomic E-state index is -2.00. The normalized spacial score (nSPS) is 43.8. The highest BCUT2D eigenvalue weighted by Crippen LogP contribution is 2.42. The average molecular weight is 1650 g/mol. The van der Waals surface area contributed by atoms with Crippen LogP contribution in [0.4, 0.5) is 0 Å². The fraction of sp³-hybridized carbons (Fsp3) is 1.00. The van der Waals surface area contributed by atoms with Crippen molar-refractivity contribution in [3.63, 3.8) is 0 Å². The Kier molecular flexibility index (Phi) is 41.3. The molecule has 0 aliphatic carbocycles. The number of nitrogens with two attached hydrogens (primary N) is 7. The van der Waals surface area contributed by atoms with E-state index in [1.165, 1.54) is 82.3 Å². The van der Waals surface area contributed by atoms with E-state index in [0.717, 1.165) is 0 Å². The van der Waals surface area contributed by atoms with Gasteiger partial charge in [0.2, 0.25) is 0 Å². The maximum absolute atomic E-state index is 12.3. The molecule has 0 radical (unpaired) electrons. The largest absolute Gasteiger partial charge is 0.387 e. The molecule has 21 rings (SSSR count). The summed E-state index contributed by atoms with van der Waals surface area (Å²) in [6.45, 7) is 2.33. The number of ether oxygens (including phenoxy) is 14. The van der Waals surface area contributed by atoms with Crippen molar-refractivity contribution in [1.82, 2.24) is 0 Å². The Hall–Kier alpha value is 1.05. The van der Waals surface area contributed by atoms with Crippen molar-refractivity contribution < 1.29 is 138 Å². The van der Waals surface area contributed by atoms with Crippen LogP contribution in [0.25, 0.3) is 0 Å². The molecule has 0 spiro atoms. The minimum absolute atomic E-state index is 0.0395. The van der Waals surface area contributed by atoms with Gasteiger partial charge in [-0.05, 0) is 131 Å². The molecule has 1 unspecified atom stereocenters. The van der Waals surface area contributed by atoms with Gasteiger partial charge in [0, 0.05) is 40.3 Å².